The molecule has 0 fully saturated rings. The Kier molecular flexibility index (Phi) is 4.76. The van der Waals surface area contributed by atoms with Crippen LogP contribution in [0.4, 0.5) is 0 Å². The molecule has 0 aliphatic carbocycles. The van der Waals surface area contributed by atoms with Crippen molar-refractivity contribution in [3.63, 3.8) is 0 Å². The summed E-state index contributed by atoms with van der Waals surface area (Å²) in [4.78, 5) is 0. The number of aliphatic hydroxyl groups is 1. The first-order valence-electron chi connectivity index (χ1n) is 6.63. The summed E-state index contributed by atoms with van der Waals surface area (Å²) >= 11 is 0. The number of hydrogen-bond acceptors (Lipinski definition) is 1. The molecule has 1 nitrogen and oxygen atoms in total. The SMILES string of the molecule is CCC(C)CC(O)c1ccc(C(C)(C)C)cc1. The zero-order chi connectivity index (χ0) is 13.1. The lowest BCUT2D eigenvalue weighted by molar-refractivity contribution is 0.146. The highest BCUT2D eigenvalue weighted by atomic mass is 16.3. The highest BCUT2D eigenvalue weighted by Gasteiger charge is 2.15. The predicted octanol–water partition coefficient (Wildman–Crippen LogP) is 4.45. The third-order valence-corrected chi connectivity index (χ3v) is 3.48. The number of benzene rings is 1. The number of hydrogen-bond donors (Lipinski definition) is 1. The molecule has 1 heteroatoms. The van der Waals surface area contributed by atoms with Crippen LogP contribution in [-0.2, 0) is 5.41 Å². The fourth-order valence-corrected chi connectivity index (χ4v) is 1.89. The third kappa shape index (κ3) is 4.16. The third-order valence-electron chi connectivity index (χ3n) is 3.48. The molecule has 0 aliphatic rings. The summed E-state index contributed by atoms with van der Waals surface area (Å²) in [7, 11) is 0. The molecule has 0 saturated heterocycles. The molecule has 0 amide bonds. The monoisotopic (exact) mass is 234 g/mol. The molecular weight excluding hydrogens is 208 g/mol. The maximum Gasteiger partial charge on any atom is 0.0792 e. The van der Waals surface area contributed by atoms with Gasteiger partial charge in [-0.2, -0.15) is 0 Å². The standard InChI is InChI=1S/C16H26O/c1-6-12(2)11-15(17)13-7-9-14(10-8-13)16(3,4)5/h7-10,12,15,17H,6,11H2,1-5H3. The van der Waals surface area contributed by atoms with Gasteiger partial charge in [0.25, 0.3) is 0 Å². The lowest BCUT2D eigenvalue weighted by atomic mass is 9.86. The van der Waals surface area contributed by atoms with Crippen LogP contribution in [0.25, 0.3) is 0 Å². The Morgan fingerprint density at radius 2 is 1.65 bits per heavy atom. The van der Waals surface area contributed by atoms with Gasteiger partial charge in [-0.05, 0) is 28.9 Å². The van der Waals surface area contributed by atoms with Crippen molar-refractivity contribution in [1.82, 2.24) is 0 Å². The zero-order valence-corrected chi connectivity index (χ0v) is 11.8. The Bertz CT molecular complexity index is 332. The summed E-state index contributed by atoms with van der Waals surface area (Å²) < 4.78 is 0. The normalized spacial score (nSPS) is 15.6. The average molecular weight is 234 g/mol. The quantitative estimate of drug-likeness (QED) is 0.816. The molecule has 2 atom stereocenters. The van der Waals surface area contributed by atoms with E-state index in [4.69, 9.17) is 0 Å². The van der Waals surface area contributed by atoms with E-state index >= 15 is 0 Å². The van der Waals surface area contributed by atoms with E-state index in [0.717, 1.165) is 18.4 Å². The van der Waals surface area contributed by atoms with Gasteiger partial charge in [0.15, 0.2) is 0 Å². The van der Waals surface area contributed by atoms with Crippen molar-refractivity contribution in [2.24, 2.45) is 5.92 Å². The Hall–Kier alpha value is -0.820. The molecule has 17 heavy (non-hydrogen) atoms. The van der Waals surface area contributed by atoms with E-state index in [1.54, 1.807) is 0 Å². The van der Waals surface area contributed by atoms with Gasteiger partial charge in [0.05, 0.1) is 6.10 Å². The fraction of sp³-hybridized carbons (Fsp3) is 0.625. The molecule has 0 aromatic heterocycles. The van der Waals surface area contributed by atoms with E-state index in [1.807, 2.05) is 0 Å². The summed E-state index contributed by atoms with van der Waals surface area (Å²) in [5.41, 5.74) is 2.54. The minimum absolute atomic E-state index is 0.181. The largest absolute Gasteiger partial charge is 0.388 e. The summed E-state index contributed by atoms with van der Waals surface area (Å²) in [5, 5.41) is 10.1. The highest BCUT2D eigenvalue weighted by molar-refractivity contribution is 5.28. The second kappa shape index (κ2) is 5.68. The van der Waals surface area contributed by atoms with Crippen LogP contribution in [0.2, 0.25) is 0 Å². The zero-order valence-electron chi connectivity index (χ0n) is 11.8. The molecule has 1 aromatic carbocycles. The van der Waals surface area contributed by atoms with Crippen molar-refractivity contribution in [1.29, 1.82) is 0 Å². The van der Waals surface area contributed by atoms with Crippen molar-refractivity contribution < 1.29 is 5.11 Å². The van der Waals surface area contributed by atoms with E-state index in [2.05, 4.69) is 58.9 Å². The van der Waals surface area contributed by atoms with Gasteiger partial charge in [0.1, 0.15) is 0 Å². The molecule has 2 unspecified atom stereocenters. The Morgan fingerprint density at radius 1 is 1.12 bits per heavy atom. The number of aliphatic hydroxyl groups excluding tert-OH is 1. The molecule has 0 bridgehead atoms. The van der Waals surface area contributed by atoms with Crippen LogP contribution in [0.3, 0.4) is 0 Å². The lowest BCUT2D eigenvalue weighted by Gasteiger charge is -2.20. The Balaban J connectivity index is 2.74. The second-order valence-corrected chi connectivity index (χ2v) is 6.14. The van der Waals surface area contributed by atoms with Crippen LogP contribution in [0.15, 0.2) is 24.3 Å². The van der Waals surface area contributed by atoms with Crippen LogP contribution < -0.4 is 0 Å². The predicted molar refractivity (Wildman–Crippen MR) is 74.2 cm³/mol. The molecule has 1 aromatic rings. The van der Waals surface area contributed by atoms with Gasteiger partial charge in [-0.15, -0.1) is 0 Å². The molecule has 0 aliphatic heterocycles. The highest BCUT2D eigenvalue weighted by Crippen LogP contribution is 2.26. The van der Waals surface area contributed by atoms with E-state index < -0.39 is 0 Å². The maximum atomic E-state index is 10.1. The van der Waals surface area contributed by atoms with Crippen molar-refractivity contribution in [3.8, 4) is 0 Å². The second-order valence-electron chi connectivity index (χ2n) is 6.14. The van der Waals surface area contributed by atoms with Crippen LogP contribution in [-0.4, -0.2) is 5.11 Å². The van der Waals surface area contributed by atoms with Crippen molar-refractivity contribution in [2.75, 3.05) is 0 Å². The molecule has 96 valence electrons. The smallest absolute Gasteiger partial charge is 0.0792 e. The lowest BCUT2D eigenvalue weighted by Crippen LogP contribution is -2.11. The summed E-state index contributed by atoms with van der Waals surface area (Å²) in [6, 6.07) is 8.39. The van der Waals surface area contributed by atoms with Crippen LogP contribution in [0.1, 0.15) is 64.7 Å². The minimum atomic E-state index is -0.320. The topological polar surface area (TPSA) is 20.2 Å². The molecule has 0 saturated carbocycles. The van der Waals surface area contributed by atoms with Gasteiger partial charge in [-0.25, -0.2) is 0 Å². The first-order chi connectivity index (χ1) is 7.84. The minimum Gasteiger partial charge on any atom is -0.388 e. The molecule has 0 spiro atoms. The number of rotatable bonds is 4. The van der Waals surface area contributed by atoms with E-state index in [1.165, 1.54) is 5.56 Å². The van der Waals surface area contributed by atoms with Gasteiger partial charge < -0.3 is 5.11 Å². The molecule has 1 N–H and O–H groups in total. The summed E-state index contributed by atoms with van der Waals surface area (Å²) in [6.45, 7) is 11.0. The van der Waals surface area contributed by atoms with Gasteiger partial charge in [-0.3, -0.25) is 0 Å². The van der Waals surface area contributed by atoms with Gasteiger partial charge in [0, 0.05) is 0 Å². The summed E-state index contributed by atoms with van der Waals surface area (Å²) in [6.07, 6.45) is 1.65. The first-order valence-corrected chi connectivity index (χ1v) is 6.63. The van der Waals surface area contributed by atoms with Crippen molar-refractivity contribution >= 4 is 0 Å². The molecule has 0 heterocycles. The fourth-order valence-electron chi connectivity index (χ4n) is 1.89. The average Bonchev–Trinajstić information content (AvgIpc) is 2.27. The van der Waals surface area contributed by atoms with Gasteiger partial charge >= 0.3 is 0 Å². The van der Waals surface area contributed by atoms with Gasteiger partial charge in [-0.1, -0.05) is 65.3 Å². The van der Waals surface area contributed by atoms with E-state index in [0.29, 0.717) is 5.92 Å². The Labute approximate surface area is 106 Å². The van der Waals surface area contributed by atoms with Gasteiger partial charge in [0.2, 0.25) is 0 Å². The molecule has 0 radical (unpaired) electrons. The van der Waals surface area contributed by atoms with Crippen molar-refractivity contribution in [3.05, 3.63) is 35.4 Å². The van der Waals surface area contributed by atoms with Crippen LogP contribution in [0, 0.1) is 5.92 Å². The van der Waals surface area contributed by atoms with Crippen LogP contribution >= 0.6 is 0 Å². The first kappa shape index (κ1) is 14.2. The molecular formula is C16H26O. The van der Waals surface area contributed by atoms with E-state index in [-0.39, 0.29) is 11.5 Å². The molecule has 1 rings (SSSR count). The van der Waals surface area contributed by atoms with Crippen molar-refractivity contribution in [2.45, 2.75) is 59.0 Å². The van der Waals surface area contributed by atoms with Crippen LogP contribution in [0.5, 0.6) is 0 Å². The summed E-state index contributed by atoms with van der Waals surface area (Å²) in [5.74, 6) is 0.576. The van der Waals surface area contributed by atoms with E-state index in [9.17, 15) is 5.11 Å². The maximum absolute atomic E-state index is 10.1. The Morgan fingerprint density at radius 3 is 2.06 bits per heavy atom.